The number of benzene rings is 1. The highest BCUT2D eigenvalue weighted by Crippen LogP contribution is 2.46. The van der Waals surface area contributed by atoms with E-state index in [-0.39, 0.29) is 0 Å². The van der Waals surface area contributed by atoms with E-state index >= 15 is 0 Å². The van der Waals surface area contributed by atoms with E-state index < -0.39 is 11.5 Å². The van der Waals surface area contributed by atoms with E-state index in [0.717, 1.165) is 32.1 Å². The van der Waals surface area contributed by atoms with Crippen molar-refractivity contribution in [3.05, 3.63) is 35.4 Å². The molecule has 3 rings (SSSR count). The van der Waals surface area contributed by atoms with Crippen LogP contribution in [-0.2, 0) is 12.8 Å². The van der Waals surface area contributed by atoms with Gasteiger partial charge in [-0.25, -0.2) is 0 Å². The Labute approximate surface area is 102 Å². The second-order valence-electron chi connectivity index (χ2n) is 5.50. The molecule has 17 heavy (non-hydrogen) atoms. The molecular formula is C15H17NO. The van der Waals surface area contributed by atoms with Crippen LogP contribution in [0.5, 0.6) is 0 Å². The molecule has 2 nitrogen and oxygen atoms in total. The van der Waals surface area contributed by atoms with Crippen LogP contribution in [0.4, 0.5) is 0 Å². The molecule has 2 aliphatic rings. The molecule has 0 saturated heterocycles. The molecule has 1 N–H and O–H groups in total. The summed E-state index contributed by atoms with van der Waals surface area (Å²) in [5, 5.41) is 19.9. The topological polar surface area (TPSA) is 44.0 Å². The summed E-state index contributed by atoms with van der Waals surface area (Å²) >= 11 is 0. The number of aryl methyl sites for hydroxylation is 1. The van der Waals surface area contributed by atoms with E-state index in [1.54, 1.807) is 0 Å². The molecule has 0 bridgehead atoms. The number of hydrogen-bond acceptors (Lipinski definition) is 2. The van der Waals surface area contributed by atoms with Crippen LogP contribution in [0.1, 0.15) is 30.4 Å². The largest absolute Gasteiger partial charge is 0.391 e. The third-order valence-corrected chi connectivity index (χ3v) is 4.32. The number of nitriles is 1. The van der Waals surface area contributed by atoms with Gasteiger partial charge in [-0.2, -0.15) is 5.26 Å². The highest BCUT2D eigenvalue weighted by molar-refractivity contribution is 5.33. The quantitative estimate of drug-likeness (QED) is 0.843. The minimum absolute atomic E-state index is 0.375. The maximum absolute atomic E-state index is 10.4. The zero-order chi connectivity index (χ0) is 11.9. The third-order valence-electron chi connectivity index (χ3n) is 4.32. The van der Waals surface area contributed by atoms with Gasteiger partial charge in [0.2, 0.25) is 0 Å². The van der Waals surface area contributed by atoms with Crippen LogP contribution in [-0.4, -0.2) is 11.2 Å². The van der Waals surface area contributed by atoms with Gasteiger partial charge >= 0.3 is 0 Å². The first kappa shape index (κ1) is 10.8. The lowest BCUT2D eigenvalue weighted by molar-refractivity contribution is 0.0354. The van der Waals surface area contributed by atoms with Crippen molar-refractivity contribution in [2.75, 3.05) is 0 Å². The van der Waals surface area contributed by atoms with E-state index in [0.29, 0.717) is 5.92 Å². The number of fused-ring (bicyclic) bond motifs is 1. The second-order valence-corrected chi connectivity index (χ2v) is 5.50. The molecule has 2 atom stereocenters. The Morgan fingerprint density at radius 1 is 1.29 bits per heavy atom. The summed E-state index contributed by atoms with van der Waals surface area (Å²) in [5.41, 5.74) is 2.07. The zero-order valence-electron chi connectivity index (χ0n) is 9.89. The fourth-order valence-electron chi connectivity index (χ4n) is 3.04. The maximum atomic E-state index is 10.4. The Balaban J connectivity index is 1.92. The molecule has 2 aliphatic carbocycles. The SMILES string of the molecule is N#CC1(C(O)C2CC2)CCc2ccccc2C1. The van der Waals surface area contributed by atoms with Gasteiger partial charge in [-0.05, 0) is 49.1 Å². The van der Waals surface area contributed by atoms with Crippen molar-refractivity contribution >= 4 is 0 Å². The molecule has 1 saturated carbocycles. The minimum atomic E-state index is -0.532. The molecule has 0 amide bonds. The van der Waals surface area contributed by atoms with E-state index in [2.05, 4.69) is 24.3 Å². The average Bonchev–Trinajstić information content (AvgIpc) is 3.21. The molecule has 2 heteroatoms. The van der Waals surface area contributed by atoms with Gasteiger partial charge in [0.05, 0.1) is 17.6 Å². The van der Waals surface area contributed by atoms with Crippen LogP contribution in [0.3, 0.4) is 0 Å². The second kappa shape index (κ2) is 3.85. The van der Waals surface area contributed by atoms with Crippen molar-refractivity contribution in [2.24, 2.45) is 11.3 Å². The fourth-order valence-corrected chi connectivity index (χ4v) is 3.04. The van der Waals surface area contributed by atoms with E-state index in [9.17, 15) is 10.4 Å². The average molecular weight is 227 g/mol. The van der Waals surface area contributed by atoms with E-state index in [4.69, 9.17) is 0 Å². The molecular weight excluding hydrogens is 210 g/mol. The predicted molar refractivity (Wildman–Crippen MR) is 65.2 cm³/mol. The number of aliphatic hydroxyl groups is 1. The summed E-state index contributed by atoms with van der Waals surface area (Å²) < 4.78 is 0. The molecule has 1 aromatic carbocycles. The third kappa shape index (κ3) is 1.75. The first-order valence-electron chi connectivity index (χ1n) is 6.41. The smallest absolute Gasteiger partial charge is 0.0878 e. The van der Waals surface area contributed by atoms with Crippen molar-refractivity contribution in [3.8, 4) is 6.07 Å². The van der Waals surface area contributed by atoms with E-state index in [1.807, 2.05) is 6.07 Å². The van der Waals surface area contributed by atoms with Gasteiger partial charge < -0.3 is 5.11 Å². The normalized spacial score (nSPS) is 29.2. The Bertz CT molecular complexity index is 472. The van der Waals surface area contributed by atoms with E-state index in [1.165, 1.54) is 11.1 Å². The molecule has 0 aromatic heterocycles. The van der Waals surface area contributed by atoms with Crippen molar-refractivity contribution < 1.29 is 5.11 Å². The van der Waals surface area contributed by atoms with Crippen molar-refractivity contribution in [1.82, 2.24) is 0 Å². The van der Waals surface area contributed by atoms with Gasteiger partial charge in [0.1, 0.15) is 0 Å². The molecule has 1 aromatic rings. The van der Waals surface area contributed by atoms with Crippen molar-refractivity contribution in [1.29, 1.82) is 5.26 Å². The van der Waals surface area contributed by atoms with Crippen molar-refractivity contribution in [3.63, 3.8) is 0 Å². The van der Waals surface area contributed by atoms with Crippen LogP contribution in [0, 0.1) is 22.7 Å². The lowest BCUT2D eigenvalue weighted by Crippen LogP contribution is -2.40. The number of hydrogen-bond donors (Lipinski definition) is 1. The van der Waals surface area contributed by atoms with Gasteiger partial charge in [0.15, 0.2) is 0 Å². The Morgan fingerprint density at radius 3 is 2.65 bits per heavy atom. The molecule has 0 spiro atoms. The fraction of sp³-hybridized carbons (Fsp3) is 0.533. The van der Waals surface area contributed by atoms with Crippen LogP contribution in [0.2, 0.25) is 0 Å². The standard InChI is InChI=1S/C15H17NO/c16-10-15(14(17)12-5-6-12)8-7-11-3-1-2-4-13(11)9-15/h1-4,12,14,17H,5-9H2. The maximum Gasteiger partial charge on any atom is 0.0878 e. The van der Waals surface area contributed by atoms with Crippen LogP contribution in [0.15, 0.2) is 24.3 Å². The summed E-state index contributed by atoms with van der Waals surface area (Å²) in [5.74, 6) is 0.375. The summed E-state index contributed by atoms with van der Waals surface area (Å²) in [6.07, 6.45) is 4.20. The highest BCUT2D eigenvalue weighted by atomic mass is 16.3. The van der Waals surface area contributed by atoms with Crippen LogP contribution >= 0.6 is 0 Å². The lowest BCUT2D eigenvalue weighted by Gasteiger charge is -2.36. The summed E-state index contributed by atoms with van der Waals surface area (Å²) in [4.78, 5) is 0. The Morgan fingerprint density at radius 2 is 2.00 bits per heavy atom. The summed E-state index contributed by atoms with van der Waals surface area (Å²) in [6.45, 7) is 0. The number of aliphatic hydroxyl groups excluding tert-OH is 1. The summed E-state index contributed by atoms with van der Waals surface area (Å²) in [7, 11) is 0. The van der Waals surface area contributed by atoms with Gasteiger partial charge in [-0.3, -0.25) is 0 Å². The lowest BCUT2D eigenvalue weighted by atomic mass is 9.68. The monoisotopic (exact) mass is 227 g/mol. The Hall–Kier alpha value is -1.33. The van der Waals surface area contributed by atoms with Crippen molar-refractivity contribution in [2.45, 2.75) is 38.2 Å². The predicted octanol–water partition coefficient (Wildman–Crippen LogP) is 2.46. The highest BCUT2D eigenvalue weighted by Gasteiger charge is 2.47. The molecule has 0 aliphatic heterocycles. The molecule has 2 unspecified atom stereocenters. The zero-order valence-corrected chi connectivity index (χ0v) is 9.89. The van der Waals surface area contributed by atoms with Crippen LogP contribution < -0.4 is 0 Å². The first-order valence-corrected chi connectivity index (χ1v) is 6.41. The van der Waals surface area contributed by atoms with Gasteiger partial charge in [0.25, 0.3) is 0 Å². The molecule has 1 fully saturated rings. The van der Waals surface area contributed by atoms with Gasteiger partial charge in [-0.15, -0.1) is 0 Å². The number of nitrogens with zero attached hydrogens (tertiary/aromatic N) is 1. The van der Waals surface area contributed by atoms with Gasteiger partial charge in [0, 0.05) is 0 Å². The van der Waals surface area contributed by atoms with Crippen LogP contribution in [0.25, 0.3) is 0 Å². The Kier molecular flexibility index (Phi) is 2.45. The van der Waals surface area contributed by atoms with Gasteiger partial charge in [-0.1, -0.05) is 24.3 Å². The molecule has 0 heterocycles. The number of rotatable bonds is 2. The minimum Gasteiger partial charge on any atom is -0.391 e. The molecule has 0 radical (unpaired) electrons. The summed E-state index contributed by atoms with van der Waals surface area (Å²) in [6, 6.07) is 10.7. The molecule has 88 valence electrons. The first-order chi connectivity index (χ1) is 8.25.